The molecule has 11 nitrogen and oxygen atoms in total. The maximum absolute atomic E-state index is 12.8. The summed E-state index contributed by atoms with van der Waals surface area (Å²) in [5, 5.41) is 8.08. The van der Waals surface area contributed by atoms with Crippen molar-refractivity contribution < 1.29 is 33.4 Å². The monoisotopic (exact) mass is 564 g/mol. The molecule has 0 spiro atoms. The van der Waals surface area contributed by atoms with Crippen LogP contribution >= 0.6 is 0 Å². The second kappa shape index (κ2) is 17.4. The van der Waals surface area contributed by atoms with Crippen LogP contribution in [0.2, 0.25) is 0 Å². The molecule has 3 amide bonds. The summed E-state index contributed by atoms with van der Waals surface area (Å²) in [4.78, 5) is 49.1. The van der Waals surface area contributed by atoms with Crippen LogP contribution in [0.3, 0.4) is 0 Å². The van der Waals surface area contributed by atoms with E-state index >= 15 is 0 Å². The number of benzene rings is 1. The van der Waals surface area contributed by atoms with Gasteiger partial charge in [-0.3, -0.25) is 4.79 Å². The molecule has 0 saturated heterocycles. The van der Waals surface area contributed by atoms with Gasteiger partial charge in [0.05, 0.1) is 6.04 Å². The van der Waals surface area contributed by atoms with Crippen molar-refractivity contribution in [1.29, 1.82) is 0 Å². The first kappa shape index (κ1) is 34.7. The summed E-state index contributed by atoms with van der Waals surface area (Å²) in [5.74, 6) is -0.983. The Morgan fingerprint density at radius 1 is 0.775 bits per heavy atom. The van der Waals surface area contributed by atoms with Crippen molar-refractivity contribution in [3.63, 3.8) is 0 Å². The van der Waals surface area contributed by atoms with Gasteiger partial charge in [-0.25, -0.2) is 14.4 Å². The molecule has 0 aliphatic rings. The molecule has 0 fully saturated rings. The van der Waals surface area contributed by atoms with Gasteiger partial charge in [0.25, 0.3) is 0 Å². The Morgan fingerprint density at radius 2 is 1.32 bits per heavy atom. The molecule has 0 aliphatic carbocycles. The largest absolute Gasteiger partial charge is 0.458 e. The van der Waals surface area contributed by atoms with Crippen molar-refractivity contribution in [3.05, 3.63) is 35.9 Å². The van der Waals surface area contributed by atoms with E-state index in [9.17, 15) is 19.2 Å². The van der Waals surface area contributed by atoms with Gasteiger partial charge >= 0.3 is 18.2 Å². The van der Waals surface area contributed by atoms with E-state index in [1.807, 2.05) is 30.3 Å². The van der Waals surface area contributed by atoms with E-state index in [1.165, 1.54) is 0 Å². The number of amides is 3. The molecule has 2 atom stereocenters. The average Bonchev–Trinajstić information content (AvgIpc) is 2.84. The third-order valence-corrected chi connectivity index (χ3v) is 5.36. The smallest absolute Gasteiger partial charge is 0.407 e. The molecule has 0 aromatic heterocycles. The second-order valence-electron chi connectivity index (χ2n) is 11.6. The predicted molar refractivity (Wildman–Crippen MR) is 152 cm³/mol. The Kier molecular flexibility index (Phi) is 15.1. The quantitative estimate of drug-likeness (QED) is 0.142. The molecule has 1 rings (SSSR count). The van der Waals surface area contributed by atoms with Crippen LogP contribution in [0.25, 0.3) is 0 Å². The fraction of sp³-hybridized carbons (Fsp3) is 0.655. The lowest BCUT2D eigenvalue weighted by Crippen LogP contribution is -2.50. The lowest BCUT2D eigenvalue weighted by molar-refractivity contribution is -0.159. The fourth-order valence-corrected chi connectivity index (χ4v) is 3.46. The fourth-order valence-electron chi connectivity index (χ4n) is 3.46. The lowest BCUT2D eigenvalue weighted by atomic mass is 10.1. The topological polar surface area (TPSA) is 158 Å². The second-order valence-corrected chi connectivity index (χ2v) is 11.6. The molecular weight excluding hydrogens is 516 g/mol. The molecule has 0 radical (unpaired) electrons. The number of nitrogens with one attached hydrogen (secondary N) is 3. The summed E-state index contributed by atoms with van der Waals surface area (Å²) in [7, 11) is 0. The first-order valence-corrected chi connectivity index (χ1v) is 13.9. The summed E-state index contributed by atoms with van der Waals surface area (Å²) in [5.41, 5.74) is 5.67. The first-order chi connectivity index (χ1) is 18.7. The van der Waals surface area contributed by atoms with E-state index in [0.717, 1.165) is 5.56 Å². The summed E-state index contributed by atoms with van der Waals surface area (Å²) >= 11 is 0. The summed E-state index contributed by atoms with van der Waals surface area (Å²) in [6.45, 7) is 11.6. The summed E-state index contributed by atoms with van der Waals surface area (Å²) < 4.78 is 15.8. The van der Waals surface area contributed by atoms with Gasteiger partial charge in [0.15, 0.2) is 0 Å². The van der Waals surface area contributed by atoms with Crippen molar-refractivity contribution in [2.45, 2.75) is 110 Å². The number of nitrogens with two attached hydrogens (primary N) is 1. The maximum atomic E-state index is 12.8. The zero-order chi connectivity index (χ0) is 30.2. The number of carbonyl (C=O) groups excluding carboxylic acids is 4. The maximum Gasteiger partial charge on any atom is 0.407 e. The van der Waals surface area contributed by atoms with Crippen molar-refractivity contribution in [1.82, 2.24) is 16.0 Å². The zero-order valence-electron chi connectivity index (χ0n) is 24.8. The molecule has 5 N–H and O–H groups in total. The van der Waals surface area contributed by atoms with Crippen LogP contribution in [0.4, 0.5) is 9.59 Å². The number of unbranched alkanes of at least 4 members (excludes halogenated alkanes) is 2. The van der Waals surface area contributed by atoms with Crippen LogP contribution in [0.5, 0.6) is 0 Å². The molecule has 0 aliphatic heterocycles. The number of hydrogen-bond acceptors (Lipinski definition) is 8. The predicted octanol–water partition coefficient (Wildman–Crippen LogP) is 3.93. The molecule has 1 aromatic rings. The normalized spacial score (nSPS) is 13.0. The van der Waals surface area contributed by atoms with Crippen LogP contribution in [0.1, 0.15) is 85.6 Å². The van der Waals surface area contributed by atoms with Gasteiger partial charge < -0.3 is 35.9 Å². The van der Waals surface area contributed by atoms with Gasteiger partial charge in [0, 0.05) is 13.1 Å². The Hall–Kier alpha value is -3.34. The van der Waals surface area contributed by atoms with Crippen LogP contribution in [-0.4, -0.2) is 60.4 Å². The van der Waals surface area contributed by atoms with Crippen LogP contribution in [-0.2, 0) is 30.4 Å². The highest BCUT2D eigenvalue weighted by atomic mass is 16.6. The van der Waals surface area contributed by atoms with E-state index in [0.29, 0.717) is 51.6 Å². The Balaban J connectivity index is 2.42. The van der Waals surface area contributed by atoms with Crippen LogP contribution < -0.4 is 21.7 Å². The van der Waals surface area contributed by atoms with Crippen molar-refractivity contribution >= 4 is 24.1 Å². The standard InChI is InChI=1S/C29H48N4O7/c1-28(2,3)39-25(35)23(17-11-13-18-31-26(36)38-20-21-14-8-7-9-15-21)33-24(34)22(30)16-10-12-19-32-27(37)40-29(4,5)6/h7-9,14-15,22-23H,10-13,16-20,30H2,1-6H3,(H,31,36)(H,32,37)(H,33,34)/t22-,23-/m0/s1. The van der Waals surface area contributed by atoms with Gasteiger partial charge in [-0.2, -0.15) is 0 Å². The van der Waals surface area contributed by atoms with Crippen LogP contribution in [0.15, 0.2) is 30.3 Å². The first-order valence-electron chi connectivity index (χ1n) is 13.9. The zero-order valence-corrected chi connectivity index (χ0v) is 24.8. The molecule has 226 valence electrons. The van der Waals surface area contributed by atoms with E-state index in [1.54, 1.807) is 41.5 Å². The molecule has 0 bridgehead atoms. The number of carbonyl (C=O) groups is 4. The van der Waals surface area contributed by atoms with Gasteiger partial charge in [0.1, 0.15) is 23.9 Å². The highest BCUT2D eigenvalue weighted by Crippen LogP contribution is 2.12. The Bertz CT molecular complexity index is 927. The highest BCUT2D eigenvalue weighted by molar-refractivity contribution is 5.87. The van der Waals surface area contributed by atoms with Crippen molar-refractivity contribution in [2.75, 3.05) is 13.1 Å². The molecular formula is C29H48N4O7. The van der Waals surface area contributed by atoms with E-state index < -0.39 is 47.3 Å². The Labute approximate surface area is 238 Å². The van der Waals surface area contributed by atoms with Gasteiger partial charge in [-0.05, 0) is 85.6 Å². The minimum atomic E-state index is -0.864. The van der Waals surface area contributed by atoms with Crippen LogP contribution in [0, 0.1) is 0 Å². The highest BCUT2D eigenvalue weighted by Gasteiger charge is 2.28. The number of esters is 1. The van der Waals surface area contributed by atoms with Crippen molar-refractivity contribution in [2.24, 2.45) is 5.73 Å². The number of rotatable bonds is 15. The number of alkyl carbamates (subject to hydrolysis) is 2. The average molecular weight is 565 g/mol. The van der Waals surface area contributed by atoms with E-state index in [2.05, 4.69) is 16.0 Å². The third kappa shape index (κ3) is 17.3. The number of hydrogen-bond donors (Lipinski definition) is 4. The van der Waals surface area contributed by atoms with Gasteiger partial charge in [-0.1, -0.05) is 30.3 Å². The minimum Gasteiger partial charge on any atom is -0.458 e. The van der Waals surface area contributed by atoms with Crippen molar-refractivity contribution in [3.8, 4) is 0 Å². The summed E-state index contributed by atoms with van der Waals surface area (Å²) in [6, 6.07) is 7.69. The molecule has 0 unspecified atom stereocenters. The van der Waals surface area contributed by atoms with Gasteiger partial charge in [0.2, 0.25) is 5.91 Å². The number of ether oxygens (including phenoxy) is 3. The lowest BCUT2D eigenvalue weighted by Gasteiger charge is -2.25. The molecule has 11 heteroatoms. The third-order valence-electron chi connectivity index (χ3n) is 5.36. The SMILES string of the molecule is CC(C)(C)OC(=O)NCCCC[C@H](N)C(=O)N[C@@H](CCCCNC(=O)OCc1ccccc1)C(=O)OC(C)(C)C. The molecule has 40 heavy (non-hydrogen) atoms. The van der Waals surface area contributed by atoms with E-state index in [-0.39, 0.29) is 6.61 Å². The van der Waals surface area contributed by atoms with Gasteiger partial charge in [-0.15, -0.1) is 0 Å². The van der Waals surface area contributed by atoms with E-state index in [4.69, 9.17) is 19.9 Å². The summed E-state index contributed by atoms with van der Waals surface area (Å²) in [6.07, 6.45) is 2.05. The molecule has 0 saturated carbocycles. The minimum absolute atomic E-state index is 0.180. The Morgan fingerprint density at radius 3 is 1.90 bits per heavy atom. The molecule has 1 aromatic carbocycles. The molecule has 0 heterocycles.